The lowest BCUT2D eigenvalue weighted by atomic mass is 10.1. The van der Waals surface area contributed by atoms with E-state index in [2.05, 4.69) is 23.6 Å². The largest absolute Gasteiger partial charge is 0.493 e. The molecule has 204 valence electrons. The topological polar surface area (TPSA) is 93.2 Å². The minimum atomic E-state index is -0.436. The summed E-state index contributed by atoms with van der Waals surface area (Å²) in [7, 11) is 4.61. The number of hydrogen-bond acceptors (Lipinski definition) is 9. The number of β-amino-alcohol motifs (C(OH)–C–C–N with tert-alkyl or cyclic N) is 1. The molecule has 2 fully saturated rings. The molecule has 10 nitrogen and oxygen atoms in total. The fourth-order valence-corrected chi connectivity index (χ4v) is 4.81. The molecule has 0 bridgehead atoms. The van der Waals surface area contributed by atoms with Gasteiger partial charge in [0.2, 0.25) is 5.75 Å². The number of methoxy groups -OCH3 is 3. The Balaban J connectivity index is 1.65. The van der Waals surface area contributed by atoms with Gasteiger partial charge < -0.3 is 33.7 Å². The molecule has 0 aliphatic carbocycles. The second kappa shape index (κ2) is 14.0. The Morgan fingerprint density at radius 1 is 1.03 bits per heavy atom. The summed E-state index contributed by atoms with van der Waals surface area (Å²) in [5.41, 5.74) is 0.471. The van der Waals surface area contributed by atoms with E-state index in [0.717, 1.165) is 32.8 Å². The lowest BCUT2D eigenvalue weighted by Gasteiger charge is -2.37. The normalized spacial score (nSPS) is 20.2. The molecule has 2 atom stereocenters. The molecule has 0 spiro atoms. The number of aliphatic hydroxyl groups is 1. The van der Waals surface area contributed by atoms with Crippen LogP contribution in [-0.4, -0.2) is 131 Å². The summed E-state index contributed by atoms with van der Waals surface area (Å²) < 4.78 is 27.7. The van der Waals surface area contributed by atoms with E-state index in [1.165, 1.54) is 21.3 Å². The molecule has 0 saturated carbocycles. The summed E-state index contributed by atoms with van der Waals surface area (Å²) in [4.78, 5) is 19.9. The van der Waals surface area contributed by atoms with Crippen molar-refractivity contribution in [1.29, 1.82) is 0 Å². The fourth-order valence-electron chi connectivity index (χ4n) is 4.81. The van der Waals surface area contributed by atoms with E-state index in [9.17, 15) is 9.90 Å². The van der Waals surface area contributed by atoms with Crippen molar-refractivity contribution in [2.45, 2.75) is 26.1 Å². The molecule has 10 heteroatoms. The van der Waals surface area contributed by atoms with Gasteiger partial charge >= 0.3 is 0 Å². The second-order valence-electron chi connectivity index (χ2n) is 9.84. The van der Waals surface area contributed by atoms with E-state index >= 15 is 0 Å². The van der Waals surface area contributed by atoms with Crippen LogP contribution in [0, 0.1) is 5.92 Å². The first-order valence-electron chi connectivity index (χ1n) is 12.8. The molecule has 0 aromatic heterocycles. The fraction of sp³-hybridized carbons (Fsp3) is 0.731. The molecule has 2 heterocycles. The number of ether oxygens (including phenoxy) is 5. The average molecular weight is 510 g/mol. The van der Waals surface area contributed by atoms with Gasteiger partial charge in [0, 0.05) is 57.9 Å². The van der Waals surface area contributed by atoms with Crippen LogP contribution in [0.25, 0.3) is 0 Å². The number of carbonyl (C=O) groups is 1. The van der Waals surface area contributed by atoms with Crippen molar-refractivity contribution in [3.05, 3.63) is 17.7 Å². The van der Waals surface area contributed by atoms with Gasteiger partial charge in [-0.15, -0.1) is 0 Å². The monoisotopic (exact) mass is 509 g/mol. The van der Waals surface area contributed by atoms with E-state index in [1.807, 2.05) is 4.90 Å². The number of aliphatic hydroxyl groups excluding tert-OH is 1. The Kier molecular flexibility index (Phi) is 11.1. The van der Waals surface area contributed by atoms with Crippen molar-refractivity contribution in [3.8, 4) is 17.2 Å². The number of rotatable bonds is 12. The van der Waals surface area contributed by atoms with E-state index in [4.69, 9.17) is 23.7 Å². The molecular formula is C26H43N3O7. The molecule has 1 N–H and O–H groups in total. The Hall–Kier alpha value is -2.11. The first-order valence-corrected chi connectivity index (χ1v) is 12.8. The lowest BCUT2D eigenvalue weighted by molar-refractivity contribution is -0.0560. The molecule has 36 heavy (non-hydrogen) atoms. The third kappa shape index (κ3) is 7.94. The summed E-state index contributed by atoms with van der Waals surface area (Å²) in [5, 5.41) is 10.7. The van der Waals surface area contributed by atoms with Gasteiger partial charge in [0.25, 0.3) is 5.91 Å². The van der Waals surface area contributed by atoms with Crippen molar-refractivity contribution >= 4 is 5.91 Å². The van der Waals surface area contributed by atoms with Crippen molar-refractivity contribution < 1.29 is 33.6 Å². The van der Waals surface area contributed by atoms with Crippen LogP contribution in [0.5, 0.6) is 17.2 Å². The molecule has 3 rings (SSSR count). The summed E-state index contributed by atoms with van der Waals surface area (Å²) >= 11 is 0. The van der Waals surface area contributed by atoms with Gasteiger partial charge in [-0.2, -0.15) is 0 Å². The Labute approximate surface area is 215 Å². The molecule has 0 radical (unpaired) electrons. The van der Waals surface area contributed by atoms with Gasteiger partial charge in [-0.05, 0) is 18.1 Å². The van der Waals surface area contributed by atoms with Gasteiger partial charge in [-0.1, -0.05) is 13.8 Å². The SMILES string of the molecule is COc1cc(C(=O)N(CC(C)C)C[C@@H]2CN(C[C@H](O)CN3CCOCC3)CCO2)cc(OC)c1OC. The first kappa shape index (κ1) is 28.5. The Morgan fingerprint density at radius 2 is 1.64 bits per heavy atom. The molecule has 2 aliphatic heterocycles. The van der Waals surface area contributed by atoms with E-state index in [1.54, 1.807) is 12.1 Å². The van der Waals surface area contributed by atoms with Gasteiger partial charge in [-0.3, -0.25) is 14.6 Å². The van der Waals surface area contributed by atoms with Crippen molar-refractivity contribution in [1.82, 2.24) is 14.7 Å². The van der Waals surface area contributed by atoms with Crippen LogP contribution >= 0.6 is 0 Å². The van der Waals surface area contributed by atoms with E-state index in [-0.39, 0.29) is 17.9 Å². The zero-order valence-corrected chi connectivity index (χ0v) is 22.4. The molecule has 1 aromatic rings. The predicted molar refractivity (Wildman–Crippen MR) is 136 cm³/mol. The predicted octanol–water partition coefficient (Wildman–Crippen LogP) is 1.20. The highest BCUT2D eigenvalue weighted by Gasteiger charge is 2.28. The lowest BCUT2D eigenvalue weighted by Crippen LogP contribution is -2.52. The summed E-state index contributed by atoms with van der Waals surface area (Å²) in [6.07, 6.45) is -0.575. The molecule has 0 unspecified atom stereocenters. The highest BCUT2D eigenvalue weighted by atomic mass is 16.5. The number of carbonyl (C=O) groups excluding carboxylic acids is 1. The zero-order chi connectivity index (χ0) is 26.1. The second-order valence-corrected chi connectivity index (χ2v) is 9.84. The number of hydrogen-bond donors (Lipinski definition) is 1. The summed E-state index contributed by atoms with van der Waals surface area (Å²) in [6.45, 7) is 11.6. The summed E-state index contributed by atoms with van der Waals surface area (Å²) in [5.74, 6) is 1.51. The maximum absolute atomic E-state index is 13.6. The quantitative estimate of drug-likeness (QED) is 0.446. The minimum Gasteiger partial charge on any atom is -0.493 e. The van der Waals surface area contributed by atoms with Gasteiger partial charge in [-0.25, -0.2) is 0 Å². The standard InChI is InChI=1S/C26H43N3O7/c1-19(2)14-29(26(31)20-12-23(32-3)25(34-5)24(13-20)33-4)18-22-17-28(8-11-36-22)16-21(30)15-27-6-9-35-10-7-27/h12-13,19,21-22,30H,6-11,14-18H2,1-5H3/t21-,22+/m1/s1. The van der Waals surface area contributed by atoms with Crippen LogP contribution in [0.15, 0.2) is 12.1 Å². The van der Waals surface area contributed by atoms with Gasteiger partial charge in [0.1, 0.15) is 0 Å². The molecule has 2 aliphatic rings. The molecule has 1 aromatic carbocycles. The maximum Gasteiger partial charge on any atom is 0.254 e. The van der Waals surface area contributed by atoms with Crippen molar-refractivity contribution in [2.75, 3.05) is 93.5 Å². The average Bonchev–Trinajstić information content (AvgIpc) is 2.87. The first-order chi connectivity index (χ1) is 17.3. The van der Waals surface area contributed by atoms with Crippen LogP contribution < -0.4 is 14.2 Å². The van der Waals surface area contributed by atoms with Crippen molar-refractivity contribution in [3.63, 3.8) is 0 Å². The van der Waals surface area contributed by atoms with Gasteiger partial charge in [0.05, 0.1) is 53.4 Å². The third-order valence-electron chi connectivity index (χ3n) is 6.47. The Bertz CT molecular complexity index is 807. The van der Waals surface area contributed by atoms with Crippen molar-refractivity contribution in [2.24, 2.45) is 5.92 Å². The third-order valence-corrected chi connectivity index (χ3v) is 6.47. The number of benzene rings is 1. The molecule has 2 saturated heterocycles. The van der Waals surface area contributed by atoms with E-state index in [0.29, 0.717) is 62.1 Å². The highest BCUT2D eigenvalue weighted by molar-refractivity contribution is 5.95. The van der Waals surface area contributed by atoms with Gasteiger partial charge in [0.15, 0.2) is 11.5 Å². The number of nitrogens with zero attached hydrogens (tertiary/aromatic N) is 3. The molecular weight excluding hydrogens is 466 g/mol. The maximum atomic E-state index is 13.6. The smallest absolute Gasteiger partial charge is 0.254 e. The minimum absolute atomic E-state index is 0.115. The van der Waals surface area contributed by atoms with Crippen LogP contribution in [-0.2, 0) is 9.47 Å². The Morgan fingerprint density at radius 3 is 2.22 bits per heavy atom. The zero-order valence-electron chi connectivity index (χ0n) is 22.4. The van der Waals surface area contributed by atoms with Crippen LogP contribution in [0.3, 0.4) is 0 Å². The number of amides is 1. The number of morpholine rings is 2. The molecule has 1 amide bonds. The van der Waals surface area contributed by atoms with Crippen LogP contribution in [0.2, 0.25) is 0 Å². The van der Waals surface area contributed by atoms with Crippen LogP contribution in [0.1, 0.15) is 24.2 Å². The highest BCUT2D eigenvalue weighted by Crippen LogP contribution is 2.38. The summed E-state index contributed by atoms with van der Waals surface area (Å²) in [6, 6.07) is 3.38. The van der Waals surface area contributed by atoms with E-state index < -0.39 is 6.10 Å². The van der Waals surface area contributed by atoms with Crippen LogP contribution in [0.4, 0.5) is 0 Å².